The first-order chi connectivity index (χ1) is 11.1. The fourth-order valence-corrected chi connectivity index (χ4v) is 3.70. The van der Waals surface area contributed by atoms with Crippen molar-refractivity contribution in [3.05, 3.63) is 24.8 Å². The Bertz CT molecular complexity index is 527. The number of hydrogen-bond donors (Lipinski definition) is 0. The van der Waals surface area contributed by atoms with Crippen molar-refractivity contribution in [2.24, 2.45) is 23.7 Å². The maximum absolute atomic E-state index is 12.5. The Hall–Kier alpha value is -1.66. The minimum atomic E-state index is -0.627. The molecular weight excluding hydrogens is 300 g/mol. The highest BCUT2D eigenvalue weighted by molar-refractivity contribution is 5.84. The first kappa shape index (κ1) is 16.2. The molecule has 6 heteroatoms. The first-order valence-electron chi connectivity index (χ1n) is 8.01. The maximum Gasteiger partial charge on any atom is 0.311 e. The van der Waals surface area contributed by atoms with E-state index >= 15 is 0 Å². The molecule has 0 aromatic heterocycles. The summed E-state index contributed by atoms with van der Waals surface area (Å²) in [6, 6.07) is 0. The smallest absolute Gasteiger partial charge is 0.311 e. The van der Waals surface area contributed by atoms with Crippen molar-refractivity contribution in [2.75, 3.05) is 13.2 Å². The third-order valence-corrected chi connectivity index (χ3v) is 4.73. The monoisotopic (exact) mass is 322 g/mol. The fourth-order valence-electron chi connectivity index (χ4n) is 3.70. The largest absolute Gasteiger partial charge is 0.466 e. The summed E-state index contributed by atoms with van der Waals surface area (Å²) >= 11 is 0. The number of fused-ring (bicyclic) bond motifs is 3. The zero-order valence-electron chi connectivity index (χ0n) is 13.3. The second-order valence-electron chi connectivity index (χ2n) is 6.06. The number of esters is 2. The van der Waals surface area contributed by atoms with Crippen LogP contribution in [-0.4, -0.2) is 43.7 Å². The third kappa shape index (κ3) is 2.81. The van der Waals surface area contributed by atoms with Gasteiger partial charge in [-0.05, 0) is 13.8 Å². The summed E-state index contributed by atoms with van der Waals surface area (Å²) in [6.45, 7) is 7.90. The van der Waals surface area contributed by atoms with E-state index in [2.05, 4.69) is 6.58 Å². The Labute approximate surface area is 135 Å². The Morgan fingerprint density at radius 3 is 2.96 bits per heavy atom. The molecule has 7 atom stereocenters. The van der Waals surface area contributed by atoms with Crippen LogP contribution in [-0.2, 0) is 28.5 Å². The SMILES string of the molecule is C=C[C@H]1C=C[C@H]2[C@@H]3O[C@H](C)OC[C@H]3OC(=O)[C@H]2[C@@H]1C(=O)OCC. The summed E-state index contributed by atoms with van der Waals surface area (Å²) in [4.78, 5) is 25.0. The average Bonchev–Trinajstić information content (AvgIpc) is 2.54. The number of hydrogen-bond acceptors (Lipinski definition) is 6. The summed E-state index contributed by atoms with van der Waals surface area (Å²) in [7, 11) is 0. The Kier molecular flexibility index (Phi) is 4.55. The molecule has 0 radical (unpaired) electrons. The van der Waals surface area contributed by atoms with Crippen molar-refractivity contribution < 1.29 is 28.5 Å². The lowest BCUT2D eigenvalue weighted by molar-refractivity contribution is -0.278. The molecule has 0 unspecified atom stereocenters. The number of carbonyl (C=O) groups excluding carboxylic acids is 2. The molecule has 0 N–H and O–H groups in total. The van der Waals surface area contributed by atoms with Crippen molar-refractivity contribution in [3.8, 4) is 0 Å². The molecule has 2 fully saturated rings. The van der Waals surface area contributed by atoms with Gasteiger partial charge in [-0.1, -0.05) is 18.2 Å². The van der Waals surface area contributed by atoms with Gasteiger partial charge in [0.2, 0.25) is 0 Å². The van der Waals surface area contributed by atoms with Crippen molar-refractivity contribution >= 4 is 11.9 Å². The van der Waals surface area contributed by atoms with E-state index in [1.54, 1.807) is 13.0 Å². The van der Waals surface area contributed by atoms with E-state index < -0.39 is 29.9 Å². The van der Waals surface area contributed by atoms with Crippen LogP contribution in [0.2, 0.25) is 0 Å². The summed E-state index contributed by atoms with van der Waals surface area (Å²) < 4.78 is 21.9. The molecule has 0 spiro atoms. The van der Waals surface area contributed by atoms with Gasteiger partial charge in [-0.25, -0.2) is 0 Å². The molecule has 0 bridgehead atoms. The number of carbonyl (C=O) groups is 2. The molecule has 1 aliphatic carbocycles. The summed E-state index contributed by atoms with van der Waals surface area (Å²) in [5, 5.41) is 0. The Morgan fingerprint density at radius 1 is 1.48 bits per heavy atom. The maximum atomic E-state index is 12.5. The fraction of sp³-hybridized carbons (Fsp3) is 0.647. The zero-order chi connectivity index (χ0) is 16.6. The molecule has 23 heavy (non-hydrogen) atoms. The molecule has 3 rings (SSSR count). The van der Waals surface area contributed by atoms with E-state index in [0.29, 0.717) is 6.61 Å². The summed E-state index contributed by atoms with van der Waals surface area (Å²) in [5.74, 6) is -2.51. The summed E-state index contributed by atoms with van der Waals surface area (Å²) in [5.41, 5.74) is 0. The molecule has 0 aromatic rings. The lowest BCUT2D eigenvalue weighted by Gasteiger charge is -2.48. The Balaban J connectivity index is 1.94. The van der Waals surface area contributed by atoms with E-state index in [0.717, 1.165) is 0 Å². The van der Waals surface area contributed by atoms with E-state index in [1.807, 2.05) is 19.1 Å². The highest BCUT2D eigenvalue weighted by Crippen LogP contribution is 2.44. The van der Waals surface area contributed by atoms with Gasteiger partial charge in [0, 0.05) is 11.8 Å². The molecule has 0 saturated carbocycles. The first-order valence-corrected chi connectivity index (χ1v) is 8.01. The summed E-state index contributed by atoms with van der Waals surface area (Å²) in [6.07, 6.45) is 4.42. The van der Waals surface area contributed by atoms with Crippen LogP contribution < -0.4 is 0 Å². The van der Waals surface area contributed by atoms with Gasteiger partial charge in [0.25, 0.3) is 0 Å². The third-order valence-electron chi connectivity index (χ3n) is 4.73. The predicted octanol–water partition coefficient (Wildman–Crippen LogP) is 1.46. The van der Waals surface area contributed by atoms with Gasteiger partial charge in [-0.2, -0.15) is 0 Å². The second kappa shape index (κ2) is 6.45. The molecule has 3 aliphatic rings. The average molecular weight is 322 g/mol. The van der Waals surface area contributed by atoms with Crippen LogP contribution in [0.15, 0.2) is 24.8 Å². The molecular formula is C17H22O6. The van der Waals surface area contributed by atoms with E-state index in [1.165, 1.54) is 0 Å². The van der Waals surface area contributed by atoms with Crippen LogP contribution in [0.1, 0.15) is 13.8 Å². The van der Waals surface area contributed by atoms with E-state index in [-0.39, 0.29) is 30.8 Å². The topological polar surface area (TPSA) is 71.1 Å². The molecule has 0 aromatic carbocycles. The van der Waals surface area contributed by atoms with Crippen LogP contribution in [0, 0.1) is 23.7 Å². The molecule has 6 nitrogen and oxygen atoms in total. The van der Waals surface area contributed by atoms with Gasteiger partial charge >= 0.3 is 11.9 Å². The highest BCUT2D eigenvalue weighted by atomic mass is 16.7. The zero-order valence-corrected chi connectivity index (χ0v) is 13.3. The molecule has 2 saturated heterocycles. The molecule has 2 aliphatic heterocycles. The number of allylic oxidation sites excluding steroid dienone is 2. The minimum absolute atomic E-state index is 0.224. The minimum Gasteiger partial charge on any atom is -0.466 e. The lowest BCUT2D eigenvalue weighted by atomic mass is 9.66. The molecule has 2 heterocycles. The predicted molar refractivity (Wildman–Crippen MR) is 80.1 cm³/mol. The van der Waals surface area contributed by atoms with E-state index in [9.17, 15) is 9.59 Å². The lowest BCUT2D eigenvalue weighted by Crippen LogP contribution is -2.59. The number of rotatable bonds is 3. The van der Waals surface area contributed by atoms with Gasteiger partial charge in [0.05, 0.1) is 25.0 Å². The van der Waals surface area contributed by atoms with Gasteiger partial charge in [-0.15, -0.1) is 6.58 Å². The van der Waals surface area contributed by atoms with Crippen molar-refractivity contribution in [1.82, 2.24) is 0 Å². The van der Waals surface area contributed by atoms with Crippen molar-refractivity contribution in [3.63, 3.8) is 0 Å². The van der Waals surface area contributed by atoms with Crippen LogP contribution in [0.25, 0.3) is 0 Å². The van der Waals surface area contributed by atoms with Gasteiger partial charge < -0.3 is 18.9 Å². The van der Waals surface area contributed by atoms with Crippen molar-refractivity contribution in [2.45, 2.75) is 32.3 Å². The molecule has 0 amide bonds. The second-order valence-corrected chi connectivity index (χ2v) is 6.06. The highest BCUT2D eigenvalue weighted by Gasteiger charge is 2.55. The Morgan fingerprint density at radius 2 is 2.26 bits per heavy atom. The van der Waals surface area contributed by atoms with Gasteiger partial charge in [0.1, 0.15) is 6.10 Å². The van der Waals surface area contributed by atoms with Gasteiger partial charge in [0.15, 0.2) is 12.4 Å². The number of ether oxygens (including phenoxy) is 4. The van der Waals surface area contributed by atoms with Crippen LogP contribution in [0.5, 0.6) is 0 Å². The van der Waals surface area contributed by atoms with E-state index in [4.69, 9.17) is 18.9 Å². The van der Waals surface area contributed by atoms with Crippen LogP contribution in [0.4, 0.5) is 0 Å². The van der Waals surface area contributed by atoms with Gasteiger partial charge in [-0.3, -0.25) is 9.59 Å². The quantitative estimate of drug-likeness (QED) is 0.579. The normalized spacial score (nSPS) is 42.2. The van der Waals surface area contributed by atoms with Crippen LogP contribution >= 0.6 is 0 Å². The van der Waals surface area contributed by atoms with Crippen LogP contribution in [0.3, 0.4) is 0 Å². The standard InChI is InChI=1S/C17H22O6/c1-4-10-6-7-11-14(13(10)16(18)20-5-2)17(19)23-12-8-21-9(3)22-15(11)12/h4,6-7,9-15H,1,5,8H2,2-3H3/t9-,10+,11-,12-,13-,14-,15+/m1/s1. The molecule has 126 valence electrons. The van der Waals surface area contributed by atoms with Crippen molar-refractivity contribution in [1.29, 1.82) is 0 Å².